The largest absolute Gasteiger partial charge is 0.497 e. The molecule has 1 fully saturated rings. The third-order valence-electron chi connectivity index (χ3n) is 2.65. The van der Waals surface area contributed by atoms with E-state index in [0.717, 1.165) is 30.8 Å². The summed E-state index contributed by atoms with van der Waals surface area (Å²) in [5, 5.41) is 0. The minimum absolute atomic E-state index is 0.144. The number of methoxy groups -OCH3 is 1. The zero-order valence-corrected chi connectivity index (χ0v) is 9.75. The molecular formula is C14H16O2. The Bertz CT molecular complexity index is 405. The van der Waals surface area contributed by atoms with Crippen molar-refractivity contribution in [3.63, 3.8) is 0 Å². The smallest absolute Gasteiger partial charge is 0.129 e. The normalized spacial score (nSPS) is 16.1. The standard InChI is InChI=1S/C14H16O2/c1-3-16-14(10-11-14)9-8-12-4-6-13(15-2)7-5-12/h4-7H,3,10-11H2,1-2H3. The molecule has 0 unspecified atom stereocenters. The quantitative estimate of drug-likeness (QED) is 0.723. The fraction of sp³-hybridized carbons (Fsp3) is 0.429. The van der Waals surface area contributed by atoms with Gasteiger partial charge in [-0.2, -0.15) is 0 Å². The van der Waals surface area contributed by atoms with Gasteiger partial charge in [-0.05, 0) is 44.0 Å². The molecule has 0 bridgehead atoms. The molecule has 1 aromatic rings. The van der Waals surface area contributed by atoms with Crippen molar-refractivity contribution in [2.24, 2.45) is 0 Å². The van der Waals surface area contributed by atoms with E-state index in [0.29, 0.717) is 0 Å². The van der Waals surface area contributed by atoms with E-state index in [1.807, 2.05) is 31.2 Å². The van der Waals surface area contributed by atoms with Crippen LogP contribution in [0.2, 0.25) is 0 Å². The predicted octanol–water partition coefficient (Wildman–Crippen LogP) is 2.62. The molecule has 0 aliphatic heterocycles. The molecule has 0 N–H and O–H groups in total. The Morgan fingerprint density at radius 2 is 1.94 bits per heavy atom. The molecule has 0 aromatic heterocycles. The predicted molar refractivity (Wildman–Crippen MR) is 63.5 cm³/mol. The number of benzene rings is 1. The fourth-order valence-corrected chi connectivity index (χ4v) is 1.56. The number of hydrogen-bond acceptors (Lipinski definition) is 2. The summed E-state index contributed by atoms with van der Waals surface area (Å²) in [5.74, 6) is 7.22. The number of hydrogen-bond donors (Lipinski definition) is 0. The third-order valence-corrected chi connectivity index (χ3v) is 2.65. The highest BCUT2D eigenvalue weighted by Crippen LogP contribution is 2.38. The summed E-state index contributed by atoms with van der Waals surface area (Å²) in [6.07, 6.45) is 2.12. The highest BCUT2D eigenvalue weighted by Gasteiger charge is 2.42. The molecule has 84 valence electrons. The fourth-order valence-electron chi connectivity index (χ4n) is 1.56. The second kappa shape index (κ2) is 4.59. The van der Waals surface area contributed by atoms with Crippen molar-refractivity contribution in [2.45, 2.75) is 25.4 Å². The molecule has 2 rings (SSSR count). The molecule has 2 nitrogen and oxygen atoms in total. The molecule has 1 aliphatic rings. The van der Waals surface area contributed by atoms with Crippen LogP contribution in [0.4, 0.5) is 0 Å². The monoisotopic (exact) mass is 216 g/mol. The molecular weight excluding hydrogens is 200 g/mol. The topological polar surface area (TPSA) is 18.5 Å². The number of rotatable bonds is 3. The summed E-state index contributed by atoms with van der Waals surface area (Å²) < 4.78 is 10.7. The lowest BCUT2D eigenvalue weighted by molar-refractivity contribution is 0.0847. The lowest BCUT2D eigenvalue weighted by Gasteiger charge is -2.06. The van der Waals surface area contributed by atoms with E-state index in [2.05, 4.69) is 11.8 Å². The van der Waals surface area contributed by atoms with E-state index in [1.54, 1.807) is 7.11 Å². The van der Waals surface area contributed by atoms with E-state index >= 15 is 0 Å². The Morgan fingerprint density at radius 3 is 2.44 bits per heavy atom. The van der Waals surface area contributed by atoms with Gasteiger partial charge in [-0.15, -0.1) is 0 Å². The molecule has 1 aromatic carbocycles. The SMILES string of the molecule is CCOC1(C#Cc2ccc(OC)cc2)CC1. The van der Waals surface area contributed by atoms with Crippen LogP contribution in [0.3, 0.4) is 0 Å². The van der Waals surface area contributed by atoms with Crippen molar-refractivity contribution in [3.8, 4) is 17.6 Å². The van der Waals surface area contributed by atoms with Crippen LogP contribution in [-0.2, 0) is 4.74 Å². The first kappa shape index (κ1) is 11.0. The van der Waals surface area contributed by atoms with Crippen molar-refractivity contribution in [3.05, 3.63) is 29.8 Å². The van der Waals surface area contributed by atoms with Crippen LogP contribution in [0.25, 0.3) is 0 Å². The van der Waals surface area contributed by atoms with Gasteiger partial charge in [-0.1, -0.05) is 11.8 Å². The third kappa shape index (κ3) is 2.56. The number of ether oxygens (including phenoxy) is 2. The van der Waals surface area contributed by atoms with Crippen LogP contribution in [0.5, 0.6) is 5.75 Å². The summed E-state index contributed by atoms with van der Waals surface area (Å²) in [6, 6.07) is 7.77. The zero-order chi connectivity index (χ0) is 11.4. The maximum absolute atomic E-state index is 5.61. The van der Waals surface area contributed by atoms with Crippen LogP contribution in [0, 0.1) is 11.8 Å². The summed E-state index contributed by atoms with van der Waals surface area (Å²) in [6.45, 7) is 2.74. The summed E-state index contributed by atoms with van der Waals surface area (Å²) in [5.41, 5.74) is 0.862. The van der Waals surface area contributed by atoms with Gasteiger partial charge in [0.15, 0.2) is 0 Å². The van der Waals surface area contributed by atoms with Gasteiger partial charge in [0.25, 0.3) is 0 Å². The van der Waals surface area contributed by atoms with Crippen LogP contribution in [0.1, 0.15) is 25.3 Å². The lowest BCUT2D eigenvalue weighted by Crippen LogP contribution is -2.10. The highest BCUT2D eigenvalue weighted by molar-refractivity contribution is 5.41. The minimum atomic E-state index is -0.144. The van der Waals surface area contributed by atoms with Gasteiger partial charge in [0, 0.05) is 12.2 Å². The van der Waals surface area contributed by atoms with Crippen molar-refractivity contribution >= 4 is 0 Å². The van der Waals surface area contributed by atoms with E-state index in [-0.39, 0.29) is 5.60 Å². The second-order valence-corrected chi connectivity index (χ2v) is 3.91. The van der Waals surface area contributed by atoms with Crippen molar-refractivity contribution < 1.29 is 9.47 Å². The summed E-state index contributed by atoms with van der Waals surface area (Å²) in [7, 11) is 1.66. The Labute approximate surface area is 96.6 Å². The maximum atomic E-state index is 5.61. The molecule has 2 heteroatoms. The van der Waals surface area contributed by atoms with Gasteiger partial charge in [0.1, 0.15) is 11.4 Å². The van der Waals surface area contributed by atoms with E-state index in [4.69, 9.17) is 9.47 Å². The van der Waals surface area contributed by atoms with Gasteiger partial charge >= 0.3 is 0 Å². The van der Waals surface area contributed by atoms with Gasteiger partial charge in [0.2, 0.25) is 0 Å². The first-order chi connectivity index (χ1) is 7.78. The Hall–Kier alpha value is -1.46. The van der Waals surface area contributed by atoms with Gasteiger partial charge in [-0.25, -0.2) is 0 Å². The zero-order valence-electron chi connectivity index (χ0n) is 9.75. The summed E-state index contributed by atoms with van der Waals surface area (Å²) >= 11 is 0. The van der Waals surface area contributed by atoms with Crippen molar-refractivity contribution in [2.75, 3.05) is 13.7 Å². The first-order valence-corrected chi connectivity index (χ1v) is 5.59. The van der Waals surface area contributed by atoms with E-state index in [9.17, 15) is 0 Å². The Morgan fingerprint density at radius 1 is 1.25 bits per heavy atom. The van der Waals surface area contributed by atoms with E-state index in [1.165, 1.54) is 0 Å². The average molecular weight is 216 g/mol. The van der Waals surface area contributed by atoms with Crippen molar-refractivity contribution in [1.82, 2.24) is 0 Å². The van der Waals surface area contributed by atoms with Gasteiger partial charge in [-0.3, -0.25) is 0 Å². The van der Waals surface area contributed by atoms with Gasteiger partial charge < -0.3 is 9.47 Å². The molecule has 1 aliphatic carbocycles. The molecule has 0 radical (unpaired) electrons. The maximum Gasteiger partial charge on any atom is 0.129 e. The Balaban J connectivity index is 2.06. The van der Waals surface area contributed by atoms with E-state index < -0.39 is 0 Å². The molecule has 16 heavy (non-hydrogen) atoms. The van der Waals surface area contributed by atoms with Gasteiger partial charge in [0.05, 0.1) is 7.11 Å². The van der Waals surface area contributed by atoms with Crippen LogP contribution in [0.15, 0.2) is 24.3 Å². The van der Waals surface area contributed by atoms with Crippen LogP contribution >= 0.6 is 0 Å². The van der Waals surface area contributed by atoms with Crippen molar-refractivity contribution in [1.29, 1.82) is 0 Å². The van der Waals surface area contributed by atoms with Crippen LogP contribution < -0.4 is 4.74 Å². The second-order valence-electron chi connectivity index (χ2n) is 3.91. The minimum Gasteiger partial charge on any atom is -0.497 e. The molecule has 1 saturated carbocycles. The lowest BCUT2D eigenvalue weighted by atomic mass is 10.2. The molecule has 0 amide bonds. The highest BCUT2D eigenvalue weighted by atomic mass is 16.5. The molecule has 0 spiro atoms. The molecule has 0 atom stereocenters. The summed E-state index contributed by atoms with van der Waals surface area (Å²) in [4.78, 5) is 0. The molecule has 0 saturated heterocycles. The molecule has 0 heterocycles. The first-order valence-electron chi connectivity index (χ1n) is 5.59. The average Bonchev–Trinajstić information content (AvgIpc) is 3.08. The Kier molecular flexibility index (Phi) is 3.17. The van der Waals surface area contributed by atoms with Crippen LogP contribution in [-0.4, -0.2) is 19.3 Å².